The van der Waals surface area contributed by atoms with Gasteiger partial charge in [0, 0.05) is 35.7 Å². The molecule has 1 heterocycles. The zero-order valence-electron chi connectivity index (χ0n) is 16.2. The molecule has 3 aromatic rings. The largest absolute Gasteiger partial charge is 0.320 e. The van der Waals surface area contributed by atoms with Gasteiger partial charge < -0.3 is 5.32 Å². The van der Waals surface area contributed by atoms with Crippen molar-refractivity contribution in [3.05, 3.63) is 85.7 Å². The summed E-state index contributed by atoms with van der Waals surface area (Å²) in [4.78, 5) is 35.0. The Kier molecular flexibility index (Phi) is 6.58. The lowest BCUT2D eigenvalue weighted by Gasteiger charge is -2.10. The summed E-state index contributed by atoms with van der Waals surface area (Å²) in [6.07, 6.45) is 0.438. The number of hydrogen-bond donors (Lipinski definition) is 1. The second-order valence-electron chi connectivity index (χ2n) is 6.66. The Morgan fingerprint density at radius 3 is 2.60 bits per heavy atom. The van der Waals surface area contributed by atoms with E-state index in [0.29, 0.717) is 22.7 Å². The third-order valence-corrected chi connectivity index (χ3v) is 4.74. The summed E-state index contributed by atoms with van der Waals surface area (Å²) < 4.78 is 1.30. The van der Waals surface area contributed by atoms with Gasteiger partial charge in [-0.2, -0.15) is 5.10 Å². The van der Waals surface area contributed by atoms with Crippen molar-refractivity contribution in [3.63, 3.8) is 0 Å². The van der Waals surface area contributed by atoms with E-state index in [4.69, 9.17) is 11.6 Å². The van der Waals surface area contributed by atoms with Crippen LogP contribution >= 0.6 is 11.6 Å². The first-order chi connectivity index (χ1) is 14.3. The van der Waals surface area contributed by atoms with Gasteiger partial charge in [0.15, 0.2) is 0 Å². The summed E-state index contributed by atoms with van der Waals surface area (Å²) in [6, 6.07) is 14.7. The van der Waals surface area contributed by atoms with Crippen molar-refractivity contribution in [2.75, 3.05) is 5.32 Å². The van der Waals surface area contributed by atoms with E-state index in [9.17, 15) is 19.7 Å². The van der Waals surface area contributed by atoms with Crippen molar-refractivity contribution in [2.24, 2.45) is 0 Å². The van der Waals surface area contributed by atoms with Crippen LogP contribution in [-0.2, 0) is 11.3 Å². The zero-order valence-corrected chi connectivity index (χ0v) is 16.9. The molecular formula is C21H19ClN4O4. The molecule has 2 aromatic carbocycles. The first-order valence-electron chi connectivity index (χ1n) is 9.23. The van der Waals surface area contributed by atoms with Crippen molar-refractivity contribution in [2.45, 2.75) is 26.3 Å². The van der Waals surface area contributed by atoms with Crippen molar-refractivity contribution >= 4 is 28.9 Å². The van der Waals surface area contributed by atoms with E-state index in [1.54, 1.807) is 37.3 Å². The number of carbonyl (C=O) groups excluding carboxylic acids is 1. The van der Waals surface area contributed by atoms with Gasteiger partial charge in [-0.1, -0.05) is 35.9 Å². The predicted molar refractivity (Wildman–Crippen MR) is 115 cm³/mol. The Hall–Kier alpha value is -3.52. The van der Waals surface area contributed by atoms with E-state index < -0.39 is 4.92 Å². The summed E-state index contributed by atoms with van der Waals surface area (Å²) in [6.45, 7) is 1.93. The number of nitrogens with zero attached hydrogens (tertiary/aromatic N) is 3. The second-order valence-corrected chi connectivity index (χ2v) is 7.10. The van der Waals surface area contributed by atoms with Crippen LogP contribution in [0.3, 0.4) is 0 Å². The molecule has 1 aromatic heterocycles. The lowest BCUT2D eigenvalue weighted by molar-refractivity contribution is -0.384. The number of nitro benzene ring substituents is 1. The van der Waals surface area contributed by atoms with E-state index in [2.05, 4.69) is 10.4 Å². The third kappa shape index (κ3) is 5.09. The maximum absolute atomic E-state index is 12.3. The van der Waals surface area contributed by atoms with Crippen LogP contribution in [0.5, 0.6) is 0 Å². The molecule has 1 amide bonds. The van der Waals surface area contributed by atoms with Crippen molar-refractivity contribution in [1.29, 1.82) is 0 Å². The van der Waals surface area contributed by atoms with E-state index in [1.807, 2.05) is 12.1 Å². The van der Waals surface area contributed by atoms with Crippen LogP contribution in [-0.4, -0.2) is 20.6 Å². The van der Waals surface area contributed by atoms with Crippen LogP contribution in [0.15, 0.2) is 59.4 Å². The fraction of sp³-hybridized carbons (Fsp3) is 0.190. The first-order valence-corrected chi connectivity index (χ1v) is 9.61. The Morgan fingerprint density at radius 1 is 1.17 bits per heavy atom. The third-order valence-electron chi connectivity index (χ3n) is 4.49. The molecule has 0 spiro atoms. The molecule has 0 aliphatic carbocycles. The Morgan fingerprint density at radius 2 is 1.90 bits per heavy atom. The molecule has 154 valence electrons. The Labute approximate surface area is 177 Å². The SMILES string of the molecule is Cc1cccc([N+](=O)[O-])c1NC(=O)CCCn1nc(-c2ccc(Cl)cc2)ccc1=O. The lowest BCUT2D eigenvalue weighted by Crippen LogP contribution is -2.23. The van der Waals surface area contributed by atoms with Gasteiger partial charge >= 0.3 is 0 Å². The number of anilines is 1. The molecule has 0 aliphatic heterocycles. The number of para-hydroxylation sites is 1. The standard InChI is InChI=1S/C21H19ClN4O4/c1-14-4-2-5-18(26(29)30)21(14)23-19(27)6-3-13-25-20(28)12-11-17(24-25)15-7-9-16(22)10-8-15/h2,4-5,7-12H,3,6,13H2,1H3,(H,23,27). The number of carbonyl (C=O) groups is 1. The molecule has 0 unspecified atom stereocenters. The van der Waals surface area contributed by atoms with Gasteiger partial charge in [-0.3, -0.25) is 19.7 Å². The molecular weight excluding hydrogens is 408 g/mol. The minimum absolute atomic E-state index is 0.0881. The average Bonchev–Trinajstić information content (AvgIpc) is 2.71. The van der Waals surface area contributed by atoms with Gasteiger partial charge in [-0.05, 0) is 37.1 Å². The van der Waals surface area contributed by atoms with Crippen molar-refractivity contribution in [3.8, 4) is 11.3 Å². The number of nitrogens with one attached hydrogen (secondary N) is 1. The van der Waals surface area contributed by atoms with E-state index >= 15 is 0 Å². The van der Waals surface area contributed by atoms with Gasteiger partial charge in [0.2, 0.25) is 5.91 Å². The fourth-order valence-corrected chi connectivity index (χ4v) is 3.07. The molecule has 0 aliphatic rings. The van der Waals surface area contributed by atoms with Crippen LogP contribution < -0.4 is 10.9 Å². The van der Waals surface area contributed by atoms with Crippen LogP contribution in [0, 0.1) is 17.0 Å². The smallest absolute Gasteiger partial charge is 0.293 e. The average molecular weight is 427 g/mol. The molecule has 0 bridgehead atoms. The second kappa shape index (κ2) is 9.32. The molecule has 9 heteroatoms. The summed E-state index contributed by atoms with van der Waals surface area (Å²) >= 11 is 5.90. The van der Waals surface area contributed by atoms with Crippen LogP contribution in [0.2, 0.25) is 5.02 Å². The number of rotatable bonds is 7. The van der Waals surface area contributed by atoms with Gasteiger partial charge in [-0.15, -0.1) is 0 Å². The van der Waals surface area contributed by atoms with E-state index in [0.717, 1.165) is 5.56 Å². The molecule has 3 rings (SSSR count). The normalized spacial score (nSPS) is 10.6. The topological polar surface area (TPSA) is 107 Å². The van der Waals surface area contributed by atoms with Crippen molar-refractivity contribution < 1.29 is 9.72 Å². The van der Waals surface area contributed by atoms with Gasteiger partial charge in [0.25, 0.3) is 11.2 Å². The van der Waals surface area contributed by atoms with Gasteiger partial charge in [0.05, 0.1) is 10.6 Å². The van der Waals surface area contributed by atoms with Crippen LogP contribution in [0.25, 0.3) is 11.3 Å². The highest BCUT2D eigenvalue weighted by atomic mass is 35.5. The van der Waals surface area contributed by atoms with Crippen LogP contribution in [0.1, 0.15) is 18.4 Å². The molecule has 1 N–H and O–H groups in total. The summed E-state index contributed by atoms with van der Waals surface area (Å²) in [5.41, 5.74) is 1.79. The first kappa shape index (κ1) is 21.2. The maximum Gasteiger partial charge on any atom is 0.293 e. The molecule has 0 radical (unpaired) electrons. The summed E-state index contributed by atoms with van der Waals surface area (Å²) in [7, 11) is 0. The monoisotopic (exact) mass is 426 g/mol. The minimum Gasteiger partial charge on any atom is -0.320 e. The zero-order chi connectivity index (χ0) is 21.7. The minimum atomic E-state index is -0.533. The molecule has 0 fully saturated rings. The number of aryl methyl sites for hydroxylation is 2. The highest BCUT2D eigenvalue weighted by Crippen LogP contribution is 2.27. The fourth-order valence-electron chi connectivity index (χ4n) is 2.94. The number of aromatic nitrogens is 2. The highest BCUT2D eigenvalue weighted by Gasteiger charge is 2.17. The summed E-state index contributed by atoms with van der Waals surface area (Å²) in [5.74, 6) is -0.366. The molecule has 8 nitrogen and oxygen atoms in total. The predicted octanol–water partition coefficient (Wildman–Crippen LogP) is 4.20. The number of halogens is 1. The van der Waals surface area contributed by atoms with Gasteiger partial charge in [-0.25, -0.2) is 4.68 Å². The molecule has 0 saturated heterocycles. The number of nitro groups is 1. The lowest BCUT2D eigenvalue weighted by atomic mass is 10.1. The van der Waals surface area contributed by atoms with Crippen molar-refractivity contribution in [1.82, 2.24) is 9.78 Å². The number of benzene rings is 2. The highest BCUT2D eigenvalue weighted by molar-refractivity contribution is 6.30. The van der Waals surface area contributed by atoms with E-state index in [1.165, 1.54) is 16.8 Å². The quantitative estimate of drug-likeness (QED) is 0.450. The molecule has 30 heavy (non-hydrogen) atoms. The maximum atomic E-state index is 12.3. The molecule has 0 atom stereocenters. The summed E-state index contributed by atoms with van der Waals surface area (Å²) in [5, 5.41) is 18.7. The molecule has 0 saturated carbocycles. The van der Waals surface area contributed by atoms with Gasteiger partial charge in [0.1, 0.15) is 5.69 Å². The Balaban J connectivity index is 1.65. The number of hydrogen-bond acceptors (Lipinski definition) is 5. The van der Waals surface area contributed by atoms with E-state index in [-0.39, 0.29) is 35.8 Å². The van der Waals surface area contributed by atoms with Crippen LogP contribution in [0.4, 0.5) is 11.4 Å². The number of amides is 1. The Bertz CT molecular complexity index is 1140.